The fourth-order valence-electron chi connectivity index (χ4n) is 1.21. The smallest absolute Gasteiger partial charge is 0.220 e. The summed E-state index contributed by atoms with van der Waals surface area (Å²) in [6.07, 6.45) is 0.483. The normalized spacial score (nSPS) is 13.0. The van der Waals surface area contributed by atoms with Gasteiger partial charge in [-0.05, 0) is 11.8 Å². The van der Waals surface area contributed by atoms with Crippen LogP contribution >= 0.6 is 0 Å². The van der Waals surface area contributed by atoms with Gasteiger partial charge in [-0.3, -0.25) is 10.2 Å². The lowest BCUT2D eigenvalue weighted by Crippen LogP contribution is -2.47. The molecule has 0 aromatic heterocycles. The van der Waals surface area contributed by atoms with E-state index < -0.39 is 0 Å². The van der Waals surface area contributed by atoms with Gasteiger partial charge in [0.05, 0.1) is 6.04 Å². The molecular formula is C10H21N3O. The Balaban J connectivity index is 4.17. The number of carbonyl (C=O) groups excluding carboxylic acids is 1. The molecule has 4 N–H and O–H groups in total. The summed E-state index contributed by atoms with van der Waals surface area (Å²) in [5.41, 5.74) is 5.39. The zero-order valence-electron chi connectivity index (χ0n) is 9.42. The Kier molecular flexibility index (Phi) is 5.20. The van der Waals surface area contributed by atoms with Crippen molar-refractivity contribution in [2.45, 2.75) is 40.2 Å². The Morgan fingerprint density at radius 2 is 1.86 bits per heavy atom. The van der Waals surface area contributed by atoms with Crippen LogP contribution in [0.4, 0.5) is 0 Å². The maximum Gasteiger partial charge on any atom is 0.220 e. The third-order valence-corrected chi connectivity index (χ3v) is 1.91. The van der Waals surface area contributed by atoms with Crippen LogP contribution in [0.3, 0.4) is 0 Å². The zero-order chi connectivity index (χ0) is 11.3. The number of hydrogen-bond donors (Lipinski definition) is 3. The van der Waals surface area contributed by atoms with Crippen LogP contribution in [-0.2, 0) is 4.79 Å². The van der Waals surface area contributed by atoms with Gasteiger partial charge in [0, 0.05) is 6.42 Å². The van der Waals surface area contributed by atoms with Crippen molar-refractivity contribution in [3.63, 3.8) is 0 Å². The van der Waals surface area contributed by atoms with Crippen LogP contribution in [0.15, 0.2) is 0 Å². The van der Waals surface area contributed by atoms with Gasteiger partial charge in [0.25, 0.3) is 0 Å². The summed E-state index contributed by atoms with van der Waals surface area (Å²) < 4.78 is 0. The number of amides is 1. The van der Waals surface area contributed by atoms with E-state index in [-0.39, 0.29) is 23.7 Å². The molecule has 0 heterocycles. The van der Waals surface area contributed by atoms with Crippen LogP contribution in [-0.4, -0.2) is 17.8 Å². The molecule has 0 radical (unpaired) electrons. The molecule has 0 aromatic rings. The minimum atomic E-state index is -0.332. The highest BCUT2D eigenvalue weighted by atomic mass is 16.1. The van der Waals surface area contributed by atoms with E-state index in [9.17, 15) is 4.79 Å². The number of nitrogens with two attached hydrogens (primary N) is 1. The molecule has 0 aromatic carbocycles. The lowest BCUT2D eigenvalue weighted by atomic mass is 10.0. The second-order valence-electron chi connectivity index (χ2n) is 4.34. The molecule has 0 spiro atoms. The van der Waals surface area contributed by atoms with E-state index in [1.165, 1.54) is 0 Å². The van der Waals surface area contributed by atoms with Crippen LogP contribution in [0.25, 0.3) is 0 Å². The molecule has 1 amide bonds. The summed E-state index contributed by atoms with van der Waals surface area (Å²) in [6, 6.07) is -0.332. The fourth-order valence-corrected chi connectivity index (χ4v) is 1.21. The first-order chi connectivity index (χ1) is 6.34. The van der Waals surface area contributed by atoms with Gasteiger partial charge in [0.15, 0.2) is 0 Å². The topological polar surface area (TPSA) is 79.0 Å². The highest BCUT2D eigenvalue weighted by Gasteiger charge is 2.18. The van der Waals surface area contributed by atoms with Crippen LogP contribution in [0.1, 0.15) is 34.1 Å². The lowest BCUT2D eigenvalue weighted by molar-refractivity contribution is -0.122. The standard InChI is InChI=1S/C10H21N3O/c1-6(2)5-8(14)13-9(7(3)4)10(11)12/h6-7,9H,5H2,1-4H3,(H3,11,12)(H,13,14)/t9-/m0/s1. The van der Waals surface area contributed by atoms with E-state index in [0.717, 1.165) is 0 Å². The van der Waals surface area contributed by atoms with Crippen molar-refractivity contribution >= 4 is 11.7 Å². The van der Waals surface area contributed by atoms with E-state index in [0.29, 0.717) is 12.3 Å². The molecule has 0 rings (SSSR count). The van der Waals surface area contributed by atoms with Gasteiger partial charge in [0.1, 0.15) is 5.84 Å². The molecule has 4 nitrogen and oxygen atoms in total. The molecule has 1 atom stereocenters. The van der Waals surface area contributed by atoms with E-state index >= 15 is 0 Å². The molecular weight excluding hydrogens is 178 g/mol. The predicted molar refractivity (Wildman–Crippen MR) is 58.1 cm³/mol. The zero-order valence-corrected chi connectivity index (χ0v) is 9.42. The molecule has 82 valence electrons. The highest BCUT2D eigenvalue weighted by molar-refractivity contribution is 5.88. The second kappa shape index (κ2) is 5.62. The summed E-state index contributed by atoms with van der Waals surface area (Å²) >= 11 is 0. The van der Waals surface area contributed by atoms with Gasteiger partial charge in [-0.2, -0.15) is 0 Å². The van der Waals surface area contributed by atoms with Gasteiger partial charge in [-0.15, -0.1) is 0 Å². The second-order valence-corrected chi connectivity index (χ2v) is 4.34. The van der Waals surface area contributed by atoms with E-state index in [4.69, 9.17) is 11.1 Å². The Morgan fingerprint density at radius 1 is 1.36 bits per heavy atom. The molecule has 4 heteroatoms. The molecule has 0 saturated heterocycles. The average molecular weight is 199 g/mol. The fraction of sp³-hybridized carbons (Fsp3) is 0.800. The third-order valence-electron chi connectivity index (χ3n) is 1.91. The van der Waals surface area contributed by atoms with Crippen LogP contribution < -0.4 is 11.1 Å². The Hall–Kier alpha value is -1.06. The summed E-state index contributed by atoms with van der Waals surface area (Å²) in [4.78, 5) is 11.4. The maximum absolute atomic E-state index is 11.4. The maximum atomic E-state index is 11.4. The average Bonchev–Trinajstić information content (AvgIpc) is 1.97. The number of rotatable bonds is 5. The largest absolute Gasteiger partial charge is 0.386 e. The number of hydrogen-bond acceptors (Lipinski definition) is 2. The quantitative estimate of drug-likeness (QED) is 0.458. The van der Waals surface area contributed by atoms with Gasteiger partial charge in [-0.25, -0.2) is 0 Å². The lowest BCUT2D eigenvalue weighted by Gasteiger charge is -2.21. The molecule has 0 aliphatic rings. The molecule has 0 aliphatic carbocycles. The first-order valence-corrected chi connectivity index (χ1v) is 4.97. The monoisotopic (exact) mass is 199 g/mol. The van der Waals surface area contributed by atoms with Crippen molar-refractivity contribution in [1.82, 2.24) is 5.32 Å². The minimum absolute atomic E-state index is 0.0251. The third kappa shape index (κ3) is 4.84. The number of carbonyl (C=O) groups is 1. The number of amidine groups is 1. The van der Waals surface area contributed by atoms with Crippen molar-refractivity contribution in [1.29, 1.82) is 5.41 Å². The molecule has 0 bridgehead atoms. The van der Waals surface area contributed by atoms with Gasteiger partial charge in [-0.1, -0.05) is 27.7 Å². The van der Waals surface area contributed by atoms with Gasteiger partial charge < -0.3 is 11.1 Å². The van der Waals surface area contributed by atoms with E-state index in [1.807, 2.05) is 27.7 Å². The van der Waals surface area contributed by atoms with Crippen molar-refractivity contribution in [3.8, 4) is 0 Å². The molecule has 0 unspecified atom stereocenters. The predicted octanol–water partition coefficient (Wildman–Crippen LogP) is 1.11. The van der Waals surface area contributed by atoms with Crippen molar-refractivity contribution in [3.05, 3.63) is 0 Å². The first kappa shape index (κ1) is 12.9. The Bertz CT molecular complexity index is 211. The summed E-state index contributed by atoms with van der Waals surface area (Å²) in [6.45, 7) is 7.83. The van der Waals surface area contributed by atoms with Gasteiger partial charge >= 0.3 is 0 Å². The van der Waals surface area contributed by atoms with Crippen molar-refractivity contribution < 1.29 is 4.79 Å². The van der Waals surface area contributed by atoms with Gasteiger partial charge in [0.2, 0.25) is 5.91 Å². The SMILES string of the molecule is CC(C)CC(=O)N[C@H](C(=N)N)C(C)C. The Labute approximate surface area is 85.8 Å². The van der Waals surface area contributed by atoms with E-state index in [1.54, 1.807) is 0 Å². The molecule has 0 saturated carbocycles. The van der Waals surface area contributed by atoms with E-state index in [2.05, 4.69) is 5.32 Å². The molecule has 0 aliphatic heterocycles. The minimum Gasteiger partial charge on any atom is -0.386 e. The molecule has 0 fully saturated rings. The van der Waals surface area contributed by atoms with Crippen molar-refractivity contribution in [2.24, 2.45) is 17.6 Å². The van der Waals surface area contributed by atoms with Crippen LogP contribution in [0, 0.1) is 17.2 Å². The highest BCUT2D eigenvalue weighted by Crippen LogP contribution is 2.04. The summed E-state index contributed by atoms with van der Waals surface area (Å²) in [5, 5.41) is 10.1. The van der Waals surface area contributed by atoms with Crippen LogP contribution in [0.2, 0.25) is 0 Å². The van der Waals surface area contributed by atoms with Crippen LogP contribution in [0.5, 0.6) is 0 Å². The van der Waals surface area contributed by atoms with Crippen molar-refractivity contribution in [2.75, 3.05) is 0 Å². The molecule has 14 heavy (non-hydrogen) atoms. The summed E-state index contributed by atoms with van der Waals surface area (Å²) in [5.74, 6) is 0.476. The first-order valence-electron chi connectivity index (χ1n) is 4.97. The number of nitrogens with one attached hydrogen (secondary N) is 2. The Morgan fingerprint density at radius 3 is 2.14 bits per heavy atom. The summed E-state index contributed by atoms with van der Waals surface area (Å²) in [7, 11) is 0.